The van der Waals surface area contributed by atoms with Crippen molar-refractivity contribution in [2.75, 3.05) is 7.11 Å². The van der Waals surface area contributed by atoms with Gasteiger partial charge in [-0.25, -0.2) is 0 Å². The molecule has 0 unspecified atom stereocenters. The van der Waals surface area contributed by atoms with Gasteiger partial charge in [0.05, 0.1) is 0 Å². The number of hydrogen-bond donors (Lipinski definition) is 0. The molecule has 24 heavy (non-hydrogen) atoms. The van der Waals surface area contributed by atoms with E-state index in [0.29, 0.717) is 12.0 Å². The average molecular weight is 344 g/mol. The first-order valence-electron chi connectivity index (χ1n) is 7.38. The summed E-state index contributed by atoms with van der Waals surface area (Å²) in [6.45, 7) is 4.03. The number of benzene rings is 2. The minimum absolute atomic E-state index is 0.0535. The molecule has 0 saturated carbocycles. The lowest BCUT2D eigenvalue weighted by Crippen LogP contribution is -2.14. The van der Waals surface area contributed by atoms with E-state index in [-0.39, 0.29) is 12.3 Å². The van der Waals surface area contributed by atoms with E-state index in [4.69, 9.17) is 21.2 Å². The van der Waals surface area contributed by atoms with Crippen LogP contribution in [0.1, 0.15) is 16.7 Å². The van der Waals surface area contributed by atoms with Gasteiger partial charge in [-0.2, -0.15) is 0 Å². The van der Waals surface area contributed by atoms with E-state index in [1.165, 1.54) is 7.11 Å². The molecule has 0 spiro atoms. The lowest BCUT2D eigenvalue weighted by molar-refractivity contribution is -0.106. The zero-order valence-electron chi connectivity index (χ0n) is 13.4. The highest BCUT2D eigenvalue weighted by molar-refractivity contribution is 6.84. The number of nitrogens with zero attached hydrogens (tertiary/aromatic N) is 1. The molecule has 0 bridgehead atoms. The highest BCUT2D eigenvalue weighted by Gasteiger charge is 2.16. The SMILES string of the molecule is C=CCc1ccccc1OCc1ccccc1C(=NOC)C(=O)Cl. The molecule has 0 N–H and O–H groups in total. The molecule has 2 aromatic rings. The summed E-state index contributed by atoms with van der Waals surface area (Å²) in [6.07, 6.45) is 2.54. The van der Waals surface area contributed by atoms with Crippen molar-refractivity contribution in [1.82, 2.24) is 0 Å². The largest absolute Gasteiger partial charge is 0.489 e. The van der Waals surface area contributed by atoms with Gasteiger partial charge in [-0.1, -0.05) is 53.7 Å². The highest BCUT2D eigenvalue weighted by atomic mass is 35.5. The van der Waals surface area contributed by atoms with Gasteiger partial charge in [-0.15, -0.1) is 6.58 Å². The smallest absolute Gasteiger partial charge is 0.274 e. The molecule has 0 amide bonds. The van der Waals surface area contributed by atoms with Crippen molar-refractivity contribution >= 4 is 22.6 Å². The zero-order valence-corrected chi connectivity index (χ0v) is 14.1. The van der Waals surface area contributed by atoms with Crippen molar-refractivity contribution < 1.29 is 14.4 Å². The van der Waals surface area contributed by atoms with E-state index in [0.717, 1.165) is 16.9 Å². The van der Waals surface area contributed by atoms with E-state index in [2.05, 4.69) is 11.7 Å². The van der Waals surface area contributed by atoms with E-state index >= 15 is 0 Å². The van der Waals surface area contributed by atoms with Crippen molar-refractivity contribution in [2.24, 2.45) is 5.16 Å². The van der Waals surface area contributed by atoms with Crippen LogP contribution in [0.25, 0.3) is 0 Å². The van der Waals surface area contributed by atoms with Gasteiger partial charge in [0, 0.05) is 5.56 Å². The Morgan fingerprint density at radius 2 is 1.83 bits per heavy atom. The minimum atomic E-state index is -0.684. The highest BCUT2D eigenvalue weighted by Crippen LogP contribution is 2.21. The predicted molar refractivity (Wildman–Crippen MR) is 95.5 cm³/mol. The molecule has 0 aliphatic rings. The van der Waals surface area contributed by atoms with Gasteiger partial charge in [0.25, 0.3) is 5.24 Å². The maximum Gasteiger partial charge on any atom is 0.274 e. The van der Waals surface area contributed by atoms with E-state index in [1.54, 1.807) is 12.1 Å². The molecule has 5 heteroatoms. The average Bonchev–Trinajstić information content (AvgIpc) is 2.59. The first-order chi connectivity index (χ1) is 11.7. The van der Waals surface area contributed by atoms with Crippen molar-refractivity contribution in [2.45, 2.75) is 13.0 Å². The Balaban J connectivity index is 2.27. The number of carbonyl (C=O) groups excluding carboxylic acids is 1. The normalized spacial score (nSPS) is 11.0. The van der Waals surface area contributed by atoms with Crippen LogP contribution < -0.4 is 4.74 Å². The number of para-hydroxylation sites is 1. The maximum atomic E-state index is 11.6. The van der Waals surface area contributed by atoms with Gasteiger partial charge in [0.2, 0.25) is 0 Å². The summed E-state index contributed by atoms with van der Waals surface area (Å²) in [5, 5.41) is 3.04. The monoisotopic (exact) mass is 343 g/mol. The van der Waals surface area contributed by atoms with Crippen LogP contribution in [0.2, 0.25) is 0 Å². The summed E-state index contributed by atoms with van der Waals surface area (Å²) in [4.78, 5) is 16.3. The summed E-state index contributed by atoms with van der Waals surface area (Å²) in [5.74, 6) is 0.773. The fourth-order valence-electron chi connectivity index (χ4n) is 2.28. The quantitative estimate of drug-likeness (QED) is 0.313. The van der Waals surface area contributed by atoms with Crippen molar-refractivity contribution in [3.8, 4) is 5.75 Å². The topological polar surface area (TPSA) is 47.9 Å². The third kappa shape index (κ3) is 4.46. The summed E-state index contributed by atoms with van der Waals surface area (Å²) < 4.78 is 5.93. The van der Waals surface area contributed by atoms with Gasteiger partial charge >= 0.3 is 0 Å². The molecule has 4 nitrogen and oxygen atoms in total. The molecule has 2 aromatic carbocycles. The van der Waals surface area contributed by atoms with Crippen molar-refractivity contribution in [3.05, 3.63) is 77.9 Å². The van der Waals surface area contributed by atoms with E-state index < -0.39 is 5.24 Å². The summed E-state index contributed by atoms with van der Waals surface area (Å²) >= 11 is 5.61. The molecule has 0 heterocycles. The Bertz CT molecular complexity index is 756. The molecule has 0 aliphatic heterocycles. The van der Waals surface area contributed by atoms with Gasteiger partial charge in [0.15, 0.2) is 5.71 Å². The lowest BCUT2D eigenvalue weighted by atomic mass is 10.0. The summed E-state index contributed by atoms with van der Waals surface area (Å²) in [6, 6.07) is 15.0. The number of ether oxygens (including phenoxy) is 1. The van der Waals surface area contributed by atoms with Crippen LogP contribution in [0.4, 0.5) is 0 Å². The molecule has 0 fully saturated rings. The van der Waals surface area contributed by atoms with Crippen LogP contribution in [0.3, 0.4) is 0 Å². The number of carbonyl (C=O) groups is 1. The molecule has 0 atom stereocenters. The zero-order chi connectivity index (χ0) is 17.4. The Labute approximate surface area is 146 Å². The first-order valence-corrected chi connectivity index (χ1v) is 7.76. The maximum absolute atomic E-state index is 11.6. The predicted octanol–water partition coefficient (Wildman–Crippen LogP) is 4.11. The van der Waals surface area contributed by atoms with Crippen LogP contribution in [0.5, 0.6) is 5.75 Å². The second kappa shape index (κ2) is 8.89. The van der Waals surface area contributed by atoms with Gasteiger partial charge in [-0.3, -0.25) is 4.79 Å². The Morgan fingerprint density at radius 3 is 2.50 bits per heavy atom. The van der Waals surface area contributed by atoms with E-state index in [9.17, 15) is 4.79 Å². The van der Waals surface area contributed by atoms with Gasteiger partial charge < -0.3 is 9.57 Å². The van der Waals surface area contributed by atoms with Crippen molar-refractivity contribution in [1.29, 1.82) is 0 Å². The summed E-state index contributed by atoms with van der Waals surface area (Å²) in [5.41, 5.74) is 2.47. The Hall–Kier alpha value is -2.59. The third-order valence-electron chi connectivity index (χ3n) is 3.36. The Morgan fingerprint density at radius 1 is 1.17 bits per heavy atom. The molecular weight excluding hydrogens is 326 g/mol. The molecule has 0 saturated heterocycles. The van der Waals surface area contributed by atoms with Crippen LogP contribution in [0.15, 0.2) is 66.3 Å². The lowest BCUT2D eigenvalue weighted by Gasteiger charge is -2.13. The van der Waals surface area contributed by atoms with Crippen LogP contribution in [-0.2, 0) is 22.7 Å². The van der Waals surface area contributed by atoms with Crippen LogP contribution >= 0.6 is 11.6 Å². The minimum Gasteiger partial charge on any atom is -0.489 e. The number of allylic oxidation sites excluding steroid dienone is 1. The molecule has 0 aliphatic carbocycles. The van der Waals surface area contributed by atoms with Crippen LogP contribution in [0, 0.1) is 0 Å². The Kier molecular flexibility index (Phi) is 6.58. The molecule has 0 radical (unpaired) electrons. The third-order valence-corrected chi connectivity index (χ3v) is 3.54. The second-order valence-electron chi connectivity index (χ2n) is 4.94. The van der Waals surface area contributed by atoms with Crippen molar-refractivity contribution in [3.63, 3.8) is 0 Å². The van der Waals surface area contributed by atoms with Gasteiger partial charge in [-0.05, 0) is 35.2 Å². The molecule has 0 aromatic heterocycles. The molecule has 124 valence electrons. The number of rotatable bonds is 8. The fraction of sp³-hybridized carbons (Fsp3) is 0.158. The second-order valence-corrected chi connectivity index (χ2v) is 5.29. The van der Waals surface area contributed by atoms with Crippen LogP contribution in [-0.4, -0.2) is 18.1 Å². The molecule has 2 rings (SSSR count). The fourth-order valence-corrected chi connectivity index (χ4v) is 2.42. The number of halogens is 1. The van der Waals surface area contributed by atoms with E-state index in [1.807, 2.05) is 42.5 Å². The standard InChI is InChI=1S/C19H18ClNO3/c1-3-8-14-9-5-7-12-17(14)24-13-15-10-4-6-11-16(15)18(19(20)22)21-23-2/h3-7,9-12H,1,8,13H2,2H3. The number of hydrogen-bond acceptors (Lipinski definition) is 4. The number of oxime groups is 1. The summed E-state index contributed by atoms with van der Waals surface area (Å²) in [7, 11) is 1.37. The first kappa shape index (κ1) is 17.8. The molecular formula is C19H18ClNO3. The van der Waals surface area contributed by atoms with Gasteiger partial charge in [0.1, 0.15) is 19.5 Å².